The highest BCUT2D eigenvalue weighted by atomic mass is 16.5. The summed E-state index contributed by atoms with van der Waals surface area (Å²) in [5.41, 5.74) is 0.178. The standard InChI is InChI=1S/C16H28N2O3/c1-5-11(2)13-15(20)18(12(3)14(19)17-13)10-16(6-7-16)8-9-21-4/h11-13H,5-10H2,1-4H3,(H,17,19). The van der Waals surface area contributed by atoms with Gasteiger partial charge < -0.3 is 15.0 Å². The van der Waals surface area contributed by atoms with Crippen molar-refractivity contribution in [2.75, 3.05) is 20.3 Å². The minimum absolute atomic E-state index is 0.0255. The lowest BCUT2D eigenvalue weighted by Crippen LogP contribution is -2.64. The van der Waals surface area contributed by atoms with Gasteiger partial charge in [-0.05, 0) is 37.5 Å². The van der Waals surface area contributed by atoms with Gasteiger partial charge in [0.25, 0.3) is 0 Å². The number of hydrogen-bond donors (Lipinski definition) is 1. The van der Waals surface area contributed by atoms with Gasteiger partial charge in [0.05, 0.1) is 0 Å². The van der Waals surface area contributed by atoms with E-state index >= 15 is 0 Å². The Morgan fingerprint density at radius 3 is 2.62 bits per heavy atom. The van der Waals surface area contributed by atoms with Crippen LogP contribution in [0.25, 0.3) is 0 Å². The smallest absolute Gasteiger partial charge is 0.246 e. The first-order valence-electron chi connectivity index (χ1n) is 8.04. The Morgan fingerprint density at radius 2 is 2.10 bits per heavy atom. The van der Waals surface area contributed by atoms with Crippen molar-refractivity contribution in [2.45, 2.75) is 58.5 Å². The van der Waals surface area contributed by atoms with Crippen LogP contribution >= 0.6 is 0 Å². The van der Waals surface area contributed by atoms with Gasteiger partial charge >= 0.3 is 0 Å². The molecule has 0 aromatic heterocycles. The zero-order valence-electron chi connectivity index (χ0n) is 13.6. The van der Waals surface area contributed by atoms with Crippen LogP contribution in [-0.2, 0) is 14.3 Å². The summed E-state index contributed by atoms with van der Waals surface area (Å²) in [6, 6.07) is -0.727. The third-order valence-corrected chi connectivity index (χ3v) is 5.21. The van der Waals surface area contributed by atoms with Gasteiger partial charge in [-0.1, -0.05) is 20.3 Å². The van der Waals surface area contributed by atoms with Gasteiger partial charge in [0, 0.05) is 20.3 Å². The van der Waals surface area contributed by atoms with E-state index in [2.05, 4.69) is 5.32 Å². The fourth-order valence-corrected chi connectivity index (χ4v) is 3.03. The van der Waals surface area contributed by atoms with E-state index in [1.165, 1.54) is 0 Å². The number of amides is 2. The molecule has 5 nitrogen and oxygen atoms in total. The van der Waals surface area contributed by atoms with E-state index in [0.29, 0.717) is 6.54 Å². The van der Waals surface area contributed by atoms with Crippen molar-refractivity contribution in [1.29, 1.82) is 0 Å². The summed E-state index contributed by atoms with van der Waals surface area (Å²) in [7, 11) is 1.71. The monoisotopic (exact) mass is 296 g/mol. The summed E-state index contributed by atoms with van der Waals surface area (Å²) in [5, 5.41) is 2.89. The Balaban J connectivity index is 2.08. The van der Waals surface area contributed by atoms with Gasteiger partial charge in [-0.3, -0.25) is 9.59 Å². The van der Waals surface area contributed by atoms with Gasteiger partial charge in [-0.25, -0.2) is 0 Å². The molecule has 120 valence electrons. The maximum absolute atomic E-state index is 12.7. The topological polar surface area (TPSA) is 58.6 Å². The molecule has 3 atom stereocenters. The van der Waals surface area contributed by atoms with Crippen molar-refractivity contribution in [3.05, 3.63) is 0 Å². The Kier molecular flexibility index (Phi) is 4.91. The summed E-state index contributed by atoms with van der Waals surface area (Å²) in [6.45, 7) is 7.31. The Labute approximate surface area is 127 Å². The van der Waals surface area contributed by atoms with Crippen molar-refractivity contribution in [2.24, 2.45) is 11.3 Å². The van der Waals surface area contributed by atoms with Crippen LogP contribution in [0.15, 0.2) is 0 Å². The highest BCUT2D eigenvalue weighted by Gasteiger charge is 2.48. The zero-order valence-corrected chi connectivity index (χ0v) is 13.6. The molecule has 5 heteroatoms. The van der Waals surface area contributed by atoms with Gasteiger partial charge in [-0.2, -0.15) is 0 Å². The van der Waals surface area contributed by atoms with E-state index in [9.17, 15) is 9.59 Å². The lowest BCUT2D eigenvalue weighted by Gasteiger charge is -2.41. The fourth-order valence-electron chi connectivity index (χ4n) is 3.03. The Morgan fingerprint density at radius 1 is 1.43 bits per heavy atom. The maximum Gasteiger partial charge on any atom is 0.246 e. The van der Waals surface area contributed by atoms with Crippen molar-refractivity contribution in [3.8, 4) is 0 Å². The minimum Gasteiger partial charge on any atom is -0.385 e. The second-order valence-electron chi connectivity index (χ2n) is 6.76. The number of nitrogens with zero attached hydrogens (tertiary/aromatic N) is 1. The van der Waals surface area contributed by atoms with Gasteiger partial charge in [0.1, 0.15) is 12.1 Å². The molecule has 1 aliphatic heterocycles. The Hall–Kier alpha value is -1.10. The molecule has 1 saturated carbocycles. The molecule has 2 fully saturated rings. The van der Waals surface area contributed by atoms with Gasteiger partial charge in [0.2, 0.25) is 11.8 Å². The van der Waals surface area contributed by atoms with Crippen LogP contribution in [-0.4, -0.2) is 49.1 Å². The average molecular weight is 296 g/mol. The number of carbonyl (C=O) groups excluding carboxylic acids is 2. The second-order valence-corrected chi connectivity index (χ2v) is 6.76. The minimum atomic E-state index is -0.364. The molecule has 0 bridgehead atoms. The van der Waals surface area contributed by atoms with E-state index in [4.69, 9.17) is 4.74 Å². The molecule has 0 aromatic carbocycles. The summed E-state index contributed by atoms with van der Waals surface area (Å²) in [6.07, 6.45) is 4.11. The second kappa shape index (κ2) is 6.34. The van der Waals surface area contributed by atoms with Crippen LogP contribution in [0.2, 0.25) is 0 Å². The van der Waals surface area contributed by atoms with E-state index in [1.807, 2.05) is 20.8 Å². The van der Waals surface area contributed by atoms with E-state index in [-0.39, 0.29) is 35.2 Å². The number of piperazine rings is 1. The number of hydrogen-bond acceptors (Lipinski definition) is 3. The lowest BCUT2D eigenvalue weighted by molar-refractivity contribution is -0.151. The molecule has 0 radical (unpaired) electrons. The van der Waals surface area contributed by atoms with E-state index in [1.54, 1.807) is 12.0 Å². The van der Waals surface area contributed by atoms with Gasteiger partial charge in [-0.15, -0.1) is 0 Å². The predicted octanol–water partition coefficient (Wildman–Crippen LogP) is 1.56. The maximum atomic E-state index is 12.7. The number of methoxy groups -OCH3 is 1. The molecule has 2 aliphatic rings. The first-order valence-corrected chi connectivity index (χ1v) is 8.04. The first-order chi connectivity index (χ1) is 9.94. The zero-order chi connectivity index (χ0) is 15.6. The number of rotatable bonds is 7. The predicted molar refractivity (Wildman–Crippen MR) is 80.7 cm³/mol. The van der Waals surface area contributed by atoms with Crippen LogP contribution < -0.4 is 5.32 Å². The molecule has 1 N–H and O–H groups in total. The first kappa shape index (κ1) is 16.3. The number of ether oxygens (including phenoxy) is 1. The van der Waals surface area contributed by atoms with Crippen LogP contribution in [0.1, 0.15) is 46.5 Å². The van der Waals surface area contributed by atoms with Crippen LogP contribution in [0.3, 0.4) is 0 Å². The molecule has 2 rings (SSSR count). The highest BCUT2D eigenvalue weighted by Crippen LogP contribution is 2.49. The fraction of sp³-hybridized carbons (Fsp3) is 0.875. The quantitative estimate of drug-likeness (QED) is 0.776. The summed E-state index contributed by atoms with van der Waals surface area (Å²) < 4.78 is 5.18. The normalized spacial score (nSPS) is 29.2. The molecule has 21 heavy (non-hydrogen) atoms. The molecule has 0 aromatic rings. The molecule has 1 saturated heterocycles. The van der Waals surface area contributed by atoms with E-state index < -0.39 is 0 Å². The highest BCUT2D eigenvalue weighted by molar-refractivity contribution is 5.96. The largest absolute Gasteiger partial charge is 0.385 e. The summed E-state index contributed by atoms with van der Waals surface area (Å²) in [4.78, 5) is 26.7. The molecule has 3 unspecified atom stereocenters. The molecular weight excluding hydrogens is 268 g/mol. The van der Waals surface area contributed by atoms with Crippen molar-refractivity contribution in [1.82, 2.24) is 10.2 Å². The van der Waals surface area contributed by atoms with E-state index in [0.717, 1.165) is 32.3 Å². The average Bonchev–Trinajstić information content (AvgIpc) is 3.24. The van der Waals surface area contributed by atoms with Crippen molar-refractivity contribution >= 4 is 11.8 Å². The van der Waals surface area contributed by atoms with Crippen LogP contribution in [0, 0.1) is 11.3 Å². The van der Waals surface area contributed by atoms with Gasteiger partial charge in [0.15, 0.2) is 0 Å². The third kappa shape index (κ3) is 3.39. The third-order valence-electron chi connectivity index (χ3n) is 5.21. The number of carbonyl (C=O) groups is 2. The number of nitrogens with one attached hydrogen (secondary N) is 1. The van der Waals surface area contributed by atoms with Crippen LogP contribution in [0.5, 0.6) is 0 Å². The molecular formula is C16H28N2O3. The summed E-state index contributed by atoms with van der Waals surface area (Å²) >= 11 is 0. The van der Waals surface area contributed by atoms with Crippen molar-refractivity contribution < 1.29 is 14.3 Å². The Bertz CT molecular complexity index is 406. The molecule has 1 heterocycles. The molecule has 2 amide bonds. The molecule has 0 spiro atoms. The summed E-state index contributed by atoms with van der Waals surface area (Å²) in [5.74, 6) is 0.230. The molecule has 1 aliphatic carbocycles. The van der Waals surface area contributed by atoms with Crippen LogP contribution in [0.4, 0.5) is 0 Å². The lowest BCUT2D eigenvalue weighted by atomic mass is 9.92. The SMILES string of the molecule is CCC(C)C1NC(=O)C(C)N(CC2(CCOC)CC2)C1=O. The van der Waals surface area contributed by atoms with Crippen molar-refractivity contribution in [3.63, 3.8) is 0 Å².